The first-order chi connectivity index (χ1) is 5.63. The Morgan fingerprint density at radius 3 is 1.92 bits per heavy atom. The van der Waals surface area contributed by atoms with Gasteiger partial charge < -0.3 is 9.68 Å². The molecular formula is C7H12N2O3. The zero-order valence-electron chi connectivity index (χ0n) is 7.62. The highest BCUT2D eigenvalue weighted by atomic mass is 16.6. The first-order valence-corrected chi connectivity index (χ1v) is 3.33. The third-order valence-electron chi connectivity index (χ3n) is 1.09. The van der Waals surface area contributed by atoms with E-state index in [-0.39, 0.29) is 11.5 Å². The molecule has 0 aliphatic heterocycles. The number of hydrogen-bond donors (Lipinski definition) is 0. The monoisotopic (exact) mass is 172 g/mol. The summed E-state index contributed by atoms with van der Waals surface area (Å²) < 4.78 is 0. The molecule has 0 fully saturated rings. The fourth-order valence-electron chi connectivity index (χ4n) is 0.657. The average Bonchev–Trinajstić information content (AvgIpc) is 1.99. The first-order valence-electron chi connectivity index (χ1n) is 3.33. The van der Waals surface area contributed by atoms with E-state index >= 15 is 0 Å². The van der Waals surface area contributed by atoms with Crippen molar-refractivity contribution in [3.05, 3.63) is 0 Å². The summed E-state index contributed by atoms with van der Waals surface area (Å²) in [7, 11) is 2.76. The van der Waals surface area contributed by atoms with Crippen LogP contribution in [-0.2, 0) is 14.5 Å². The Bertz CT molecular complexity index is 221. The van der Waals surface area contributed by atoms with Crippen LogP contribution in [0, 0.1) is 0 Å². The van der Waals surface area contributed by atoms with E-state index in [4.69, 9.17) is 0 Å². The van der Waals surface area contributed by atoms with E-state index < -0.39 is 0 Å². The lowest BCUT2D eigenvalue weighted by Crippen LogP contribution is -2.19. The van der Waals surface area contributed by atoms with Gasteiger partial charge in [-0.05, 0) is 6.92 Å². The molecule has 0 bridgehead atoms. The van der Waals surface area contributed by atoms with Crippen molar-refractivity contribution in [2.24, 2.45) is 10.3 Å². The van der Waals surface area contributed by atoms with Gasteiger partial charge in [0.25, 0.3) is 0 Å². The Balaban J connectivity index is 4.64. The smallest absolute Gasteiger partial charge is 0.183 e. The minimum absolute atomic E-state index is 0.166. The maximum absolute atomic E-state index is 10.9. The van der Waals surface area contributed by atoms with Crippen molar-refractivity contribution >= 4 is 17.2 Å². The number of carbonyl (C=O) groups is 1. The largest absolute Gasteiger partial charge is 0.399 e. The van der Waals surface area contributed by atoms with E-state index in [2.05, 4.69) is 20.0 Å². The van der Waals surface area contributed by atoms with Gasteiger partial charge in [-0.1, -0.05) is 10.3 Å². The van der Waals surface area contributed by atoms with Crippen LogP contribution in [0.25, 0.3) is 0 Å². The van der Waals surface area contributed by atoms with Crippen LogP contribution < -0.4 is 0 Å². The highest BCUT2D eigenvalue weighted by molar-refractivity contribution is 6.66. The van der Waals surface area contributed by atoms with E-state index in [1.165, 1.54) is 21.1 Å². The maximum Gasteiger partial charge on any atom is 0.183 e. The normalized spacial score (nSPS) is 12.7. The van der Waals surface area contributed by atoms with Crippen LogP contribution in [0.1, 0.15) is 13.8 Å². The summed E-state index contributed by atoms with van der Waals surface area (Å²) >= 11 is 0. The number of nitrogens with zero attached hydrogens (tertiary/aromatic N) is 2. The second-order valence-corrected chi connectivity index (χ2v) is 2.04. The molecule has 0 unspecified atom stereocenters. The summed E-state index contributed by atoms with van der Waals surface area (Å²) in [6.07, 6.45) is 0. The zero-order chi connectivity index (χ0) is 9.56. The van der Waals surface area contributed by atoms with E-state index in [0.717, 1.165) is 0 Å². The molecule has 5 heteroatoms. The van der Waals surface area contributed by atoms with Gasteiger partial charge in [0.15, 0.2) is 11.5 Å². The molecule has 0 aromatic carbocycles. The summed E-state index contributed by atoms with van der Waals surface area (Å²) in [5.41, 5.74) is 0.561. The van der Waals surface area contributed by atoms with Gasteiger partial charge in [0, 0.05) is 6.92 Å². The molecule has 0 aromatic rings. The molecule has 0 heterocycles. The predicted molar refractivity (Wildman–Crippen MR) is 45.2 cm³/mol. The van der Waals surface area contributed by atoms with Crippen LogP contribution in [0.3, 0.4) is 0 Å². The van der Waals surface area contributed by atoms with Crippen LogP contribution in [-0.4, -0.2) is 31.4 Å². The van der Waals surface area contributed by atoms with E-state index in [1.54, 1.807) is 6.92 Å². The molecule has 0 aliphatic carbocycles. The van der Waals surface area contributed by atoms with Gasteiger partial charge >= 0.3 is 0 Å². The Labute approximate surface area is 71.0 Å². The Morgan fingerprint density at radius 2 is 1.58 bits per heavy atom. The third-order valence-corrected chi connectivity index (χ3v) is 1.09. The molecular weight excluding hydrogens is 160 g/mol. The molecule has 0 saturated carbocycles. The SMILES string of the molecule is CON=C(C)C(=NOC)C(C)=O. The maximum atomic E-state index is 10.9. The molecule has 68 valence electrons. The number of rotatable bonds is 4. The molecule has 0 aromatic heterocycles. The Hall–Kier alpha value is -1.39. The molecule has 0 atom stereocenters. The van der Waals surface area contributed by atoms with Crippen molar-refractivity contribution in [2.75, 3.05) is 14.2 Å². The van der Waals surface area contributed by atoms with Gasteiger partial charge in [-0.25, -0.2) is 0 Å². The summed E-state index contributed by atoms with van der Waals surface area (Å²) in [6.45, 7) is 3.00. The molecule has 0 rings (SSSR count). The Morgan fingerprint density at radius 1 is 1.08 bits per heavy atom. The van der Waals surface area contributed by atoms with Crippen LogP contribution >= 0.6 is 0 Å². The summed E-state index contributed by atoms with van der Waals surface area (Å²) in [4.78, 5) is 19.8. The van der Waals surface area contributed by atoms with Gasteiger partial charge in [0.1, 0.15) is 19.9 Å². The number of ketones is 1. The van der Waals surface area contributed by atoms with Crippen LogP contribution in [0.15, 0.2) is 10.3 Å². The molecule has 0 N–H and O–H groups in total. The summed E-state index contributed by atoms with van der Waals surface area (Å²) in [5, 5.41) is 7.05. The minimum Gasteiger partial charge on any atom is -0.399 e. The summed E-state index contributed by atoms with van der Waals surface area (Å²) in [6, 6.07) is 0. The lowest BCUT2D eigenvalue weighted by molar-refractivity contribution is -0.111. The molecule has 0 spiro atoms. The predicted octanol–water partition coefficient (Wildman–Crippen LogP) is 0.600. The standard InChI is InChI=1S/C7H12N2O3/c1-5(8-11-3)7(6(2)10)9-12-4/h1-4H3. The highest BCUT2D eigenvalue weighted by Gasteiger charge is 2.10. The van der Waals surface area contributed by atoms with E-state index in [9.17, 15) is 4.79 Å². The van der Waals surface area contributed by atoms with Crippen molar-refractivity contribution in [2.45, 2.75) is 13.8 Å². The van der Waals surface area contributed by atoms with Crippen LogP contribution in [0.2, 0.25) is 0 Å². The number of Topliss-reactive ketones (excluding diaryl/α,β-unsaturated/α-hetero) is 1. The summed E-state index contributed by atoms with van der Waals surface area (Å²) in [5.74, 6) is -0.213. The average molecular weight is 172 g/mol. The van der Waals surface area contributed by atoms with Crippen molar-refractivity contribution in [1.82, 2.24) is 0 Å². The zero-order valence-corrected chi connectivity index (χ0v) is 7.62. The van der Waals surface area contributed by atoms with Gasteiger partial charge in [-0.3, -0.25) is 4.79 Å². The van der Waals surface area contributed by atoms with Crippen molar-refractivity contribution in [1.29, 1.82) is 0 Å². The van der Waals surface area contributed by atoms with Crippen LogP contribution in [0.4, 0.5) is 0 Å². The van der Waals surface area contributed by atoms with Gasteiger partial charge in [0.2, 0.25) is 0 Å². The number of carbonyl (C=O) groups excluding carboxylic acids is 1. The van der Waals surface area contributed by atoms with E-state index in [1.807, 2.05) is 0 Å². The molecule has 0 saturated heterocycles. The van der Waals surface area contributed by atoms with Gasteiger partial charge in [-0.15, -0.1) is 0 Å². The van der Waals surface area contributed by atoms with Gasteiger partial charge in [0.05, 0.1) is 0 Å². The Kier molecular flexibility index (Phi) is 4.67. The van der Waals surface area contributed by atoms with E-state index in [0.29, 0.717) is 5.71 Å². The number of oxime groups is 2. The first kappa shape index (κ1) is 10.6. The fraction of sp³-hybridized carbons (Fsp3) is 0.571. The molecule has 0 aliphatic rings. The molecule has 0 amide bonds. The van der Waals surface area contributed by atoms with Crippen molar-refractivity contribution < 1.29 is 14.5 Å². The topological polar surface area (TPSA) is 60.3 Å². The number of hydrogen-bond acceptors (Lipinski definition) is 5. The fourth-order valence-corrected chi connectivity index (χ4v) is 0.657. The molecule has 12 heavy (non-hydrogen) atoms. The second-order valence-electron chi connectivity index (χ2n) is 2.04. The molecule has 5 nitrogen and oxygen atoms in total. The van der Waals surface area contributed by atoms with Crippen molar-refractivity contribution in [3.8, 4) is 0 Å². The van der Waals surface area contributed by atoms with Crippen LogP contribution in [0.5, 0.6) is 0 Å². The molecule has 0 radical (unpaired) electrons. The second kappa shape index (κ2) is 5.29. The lowest BCUT2D eigenvalue weighted by Gasteiger charge is -1.98. The lowest BCUT2D eigenvalue weighted by atomic mass is 10.2. The van der Waals surface area contributed by atoms with Crippen molar-refractivity contribution in [3.63, 3.8) is 0 Å². The third kappa shape index (κ3) is 3.14. The minimum atomic E-state index is -0.213. The van der Waals surface area contributed by atoms with Gasteiger partial charge in [-0.2, -0.15) is 0 Å². The highest BCUT2D eigenvalue weighted by Crippen LogP contribution is 1.89. The quantitative estimate of drug-likeness (QED) is 0.461.